The Kier molecular flexibility index (Phi) is 2.36. The number of fused-ring (bicyclic) bond motifs is 1. The number of hydrogen-bond acceptors (Lipinski definition) is 4. The molecular formula is C12H16F2O5S. The Balaban J connectivity index is 1.50. The van der Waals surface area contributed by atoms with Gasteiger partial charge in [0.1, 0.15) is 0 Å². The topological polar surface area (TPSA) is 83.8 Å². The molecule has 0 aliphatic heterocycles. The number of rotatable bonds is 4. The third-order valence-electron chi connectivity index (χ3n) is 6.24. The molecule has 4 aliphatic rings. The first-order chi connectivity index (χ1) is 9.18. The smallest absolute Gasteiger partial charge is 0.362 e. The predicted molar refractivity (Wildman–Crippen MR) is 62.2 cm³/mol. The minimum Gasteiger partial charge on any atom is -0.362 e. The Morgan fingerprint density at radius 3 is 2.50 bits per heavy atom. The minimum atomic E-state index is -5.68. The van der Waals surface area contributed by atoms with Gasteiger partial charge in [-0.15, -0.1) is 0 Å². The third kappa shape index (κ3) is 1.29. The van der Waals surface area contributed by atoms with Gasteiger partial charge in [-0.2, -0.15) is 17.2 Å². The highest BCUT2D eigenvalue weighted by molar-refractivity contribution is 7.86. The van der Waals surface area contributed by atoms with Crippen LogP contribution in [0.2, 0.25) is 0 Å². The van der Waals surface area contributed by atoms with Crippen molar-refractivity contribution < 1.29 is 31.6 Å². The second-order valence-electron chi connectivity index (χ2n) is 6.79. The molecule has 0 heterocycles. The summed E-state index contributed by atoms with van der Waals surface area (Å²) in [5.74, 6) is 1.62. The number of hydrogen-bond donors (Lipinski definition) is 2. The molecule has 4 fully saturated rings. The number of aliphatic hydroxyl groups is 1. The number of ether oxygens (including phenoxy) is 1. The van der Waals surface area contributed by atoms with E-state index in [2.05, 4.69) is 0 Å². The second-order valence-corrected chi connectivity index (χ2v) is 8.28. The molecular weight excluding hydrogens is 294 g/mol. The molecule has 4 saturated carbocycles. The van der Waals surface area contributed by atoms with Gasteiger partial charge in [0, 0.05) is 0 Å². The molecule has 4 rings (SSSR count). The van der Waals surface area contributed by atoms with Gasteiger partial charge < -0.3 is 9.84 Å². The molecule has 0 aromatic heterocycles. The van der Waals surface area contributed by atoms with Gasteiger partial charge in [0.25, 0.3) is 0 Å². The van der Waals surface area contributed by atoms with E-state index in [1.807, 2.05) is 0 Å². The van der Waals surface area contributed by atoms with Crippen molar-refractivity contribution in [3.63, 3.8) is 0 Å². The second kappa shape index (κ2) is 3.53. The van der Waals surface area contributed by atoms with Gasteiger partial charge in [0.15, 0.2) is 0 Å². The lowest BCUT2D eigenvalue weighted by atomic mass is 9.37. The number of aliphatic hydroxyl groups excluding tert-OH is 1. The van der Waals surface area contributed by atoms with E-state index in [-0.39, 0.29) is 17.3 Å². The summed E-state index contributed by atoms with van der Waals surface area (Å²) in [6, 6.07) is 0. The number of alkyl halides is 2. The van der Waals surface area contributed by atoms with Gasteiger partial charge in [0.2, 0.25) is 6.29 Å². The van der Waals surface area contributed by atoms with E-state index in [9.17, 15) is 22.3 Å². The summed E-state index contributed by atoms with van der Waals surface area (Å²) in [4.78, 5) is 0. The SMILES string of the molecule is O=S(=O)(O)C(F)(F)C(O)OC1C2CC3CC4CC1C42C3. The van der Waals surface area contributed by atoms with Crippen molar-refractivity contribution in [2.24, 2.45) is 29.1 Å². The van der Waals surface area contributed by atoms with Crippen molar-refractivity contribution in [2.45, 2.75) is 43.3 Å². The van der Waals surface area contributed by atoms with Gasteiger partial charge in [-0.1, -0.05) is 0 Å². The molecule has 2 bridgehead atoms. The summed E-state index contributed by atoms with van der Waals surface area (Å²) in [6.45, 7) is 0. The molecule has 0 aromatic rings. The lowest BCUT2D eigenvalue weighted by Crippen LogP contribution is -2.70. The van der Waals surface area contributed by atoms with Crippen LogP contribution in [-0.2, 0) is 14.9 Å². The Morgan fingerprint density at radius 2 is 1.90 bits per heavy atom. The summed E-state index contributed by atoms with van der Waals surface area (Å²) >= 11 is 0. The molecule has 0 aromatic carbocycles. The van der Waals surface area contributed by atoms with Crippen molar-refractivity contribution in [3.05, 3.63) is 0 Å². The molecule has 8 heteroatoms. The van der Waals surface area contributed by atoms with E-state index in [0.29, 0.717) is 11.8 Å². The van der Waals surface area contributed by atoms with Gasteiger partial charge in [0.05, 0.1) is 6.10 Å². The van der Waals surface area contributed by atoms with Crippen LogP contribution in [0.4, 0.5) is 8.78 Å². The maximum atomic E-state index is 13.3. The zero-order valence-electron chi connectivity index (χ0n) is 10.6. The van der Waals surface area contributed by atoms with Crippen LogP contribution in [0, 0.1) is 29.1 Å². The fourth-order valence-electron chi connectivity index (χ4n) is 5.58. The van der Waals surface area contributed by atoms with Crippen LogP contribution >= 0.6 is 0 Å². The number of halogens is 2. The first kappa shape index (κ1) is 13.4. The van der Waals surface area contributed by atoms with Gasteiger partial charge in [-0.25, -0.2) is 0 Å². The first-order valence-corrected chi connectivity index (χ1v) is 8.30. The fraction of sp³-hybridized carbons (Fsp3) is 1.00. The van der Waals surface area contributed by atoms with Gasteiger partial charge in [-0.3, -0.25) is 4.55 Å². The van der Waals surface area contributed by atoms with Crippen molar-refractivity contribution in [1.29, 1.82) is 0 Å². The highest BCUT2D eigenvalue weighted by atomic mass is 32.2. The van der Waals surface area contributed by atoms with Crippen LogP contribution in [0.3, 0.4) is 0 Å². The van der Waals surface area contributed by atoms with Gasteiger partial charge in [-0.05, 0) is 54.8 Å². The molecule has 2 N–H and O–H groups in total. The van der Waals surface area contributed by atoms with E-state index in [4.69, 9.17) is 9.29 Å². The average Bonchev–Trinajstić information content (AvgIpc) is 2.81. The standard InChI is InChI=1S/C12H16F2O5S/c13-12(14,20(16,17)18)10(15)19-9-7-2-5-1-6-3-8(9)11(6,7)4-5/h5-10,15H,1-4H2,(H,16,17,18). The van der Waals surface area contributed by atoms with Crippen LogP contribution < -0.4 is 0 Å². The zero-order chi connectivity index (χ0) is 14.5. The highest BCUT2D eigenvalue weighted by Crippen LogP contribution is 2.81. The minimum absolute atomic E-state index is 0.164. The molecule has 0 amide bonds. The summed E-state index contributed by atoms with van der Waals surface area (Å²) in [7, 11) is -5.68. The maximum absolute atomic E-state index is 13.3. The first-order valence-electron chi connectivity index (χ1n) is 6.86. The lowest BCUT2D eigenvalue weighted by Gasteiger charge is -2.70. The maximum Gasteiger partial charge on any atom is 0.418 e. The molecule has 4 aliphatic carbocycles. The largest absolute Gasteiger partial charge is 0.418 e. The van der Waals surface area contributed by atoms with E-state index >= 15 is 0 Å². The summed E-state index contributed by atoms with van der Waals surface area (Å²) in [6.07, 6.45) is 0.863. The van der Waals surface area contributed by atoms with E-state index < -0.39 is 27.8 Å². The molecule has 114 valence electrons. The van der Waals surface area contributed by atoms with Crippen LogP contribution in [0.15, 0.2) is 0 Å². The van der Waals surface area contributed by atoms with Crippen LogP contribution in [-0.4, -0.2) is 35.7 Å². The van der Waals surface area contributed by atoms with E-state index in [0.717, 1.165) is 19.3 Å². The molecule has 20 heavy (non-hydrogen) atoms. The van der Waals surface area contributed by atoms with Crippen LogP contribution in [0.1, 0.15) is 25.7 Å². The van der Waals surface area contributed by atoms with Gasteiger partial charge >= 0.3 is 15.4 Å². The Morgan fingerprint density at radius 1 is 1.25 bits per heavy atom. The molecule has 5 nitrogen and oxygen atoms in total. The quantitative estimate of drug-likeness (QED) is 0.603. The normalized spacial score (nSPS) is 50.3. The highest BCUT2D eigenvalue weighted by Gasteiger charge is 2.78. The Hall–Kier alpha value is -0.310. The van der Waals surface area contributed by atoms with Crippen LogP contribution in [0.5, 0.6) is 0 Å². The summed E-state index contributed by atoms with van der Waals surface area (Å²) in [5.41, 5.74) is 0.225. The molecule has 7 unspecified atom stereocenters. The Labute approximate surface area is 115 Å². The molecule has 0 radical (unpaired) electrons. The molecule has 7 atom stereocenters. The van der Waals surface area contributed by atoms with Crippen molar-refractivity contribution in [2.75, 3.05) is 0 Å². The van der Waals surface area contributed by atoms with E-state index in [1.165, 1.54) is 6.42 Å². The molecule has 1 spiro atoms. The summed E-state index contributed by atoms with van der Waals surface area (Å²) < 4.78 is 61.2. The summed E-state index contributed by atoms with van der Waals surface area (Å²) in [5, 5.41) is 4.68. The van der Waals surface area contributed by atoms with Crippen molar-refractivity contribution in [1.82, 2.24) is 0 Å². The zero-order valence-corrected chi connectivity index (χ0v) is 11.4. The van der Waals surface area contributed by atoms with Crippen molar-refractivity contribution >= 4 is 10.1 Å². The monoisotopic (exact) mass is 310 g/mol. The van der Waals surface area contributed by atoms with E-state index in [1.54, 1.807) is 0 Å². The Bertz CT molecular complexity index is 564. The lowest BCUT2D eigenvalue weighted by molar-refractivity contribution is -0.330. The van der Waals surface area contributed by atoms with Crippen LogP contribution in [0.25, 0.3) is 0 Å². The molecule has 0 saturated heterocycles. The fourth-order valence-corrected chi connectivity index (χ4v) is 5.89. The van der Waals surface area contributed by atoms with Crippen molar-refractivity contribution in [3.8, 4) is 0 Å². The average molecular weight is 310 g/mol. The third-order valence-corrected chi connectivity index (χ3v) is 7.13. The predicted octanol–water partition coefficient (Wildman–Crippen LogP) is 1.24.